The van der Waals surface area contributed by atoms with E-state index in [-0.39, 0.29) is 19.1 Å². The maximum absolute atomic E-state index is 12.1. The molecule has 0 amide bonds. The van der Waals surface area contributed by atoms with Gasteiger partial charge < -0.3 is 23.5 Å². The van der Waals surface area contributed by atoms with Crippen LogP contribution in [0.25, 0.3) is 11.1 Å². The molecule has 0 spiro atoms. The monoisotopic (exact) mass is 615 g/mol. The lowest BCUT2D eigenvalue weighted by atomic mass is 9.78. The molecule has 45 heavy (non-hydrogen) atoms. The molecule has 0 saturated carbocycles. The molecule has 4 rings (SSSR count). The van der Waals surface area contributed by atoms with Gasteiger partial charge in [-0.3, -0.25) is 19.3 Å². The summed E-state index contributed by atoms with van der Waals surface area (Å²) in [6.45, 7) is 10.7. The van der Waals surface area contributed by atoms with E-state index in [0.717, 1.165) is 40.0 Å². The predicted octanol–water partition coefficient (Wildman–Crippen LogP) is 5.17. The molecule has 1 saturated heterocycles. The third-order valence-corrected chi connectivity index (χ3v) is 7.02. The van der Waals surface area contributed by atoms with Crippen molar-refractivity contribution >= 4 is 30.5 Å². The first-order valence-electron chi connectivity index (χ1n) is 15.2. The highest BCUT2D eigenvalue weighted by molar-refractivity contribution is 6.64. The van der Waals surface area contributed by atoms with Crippen molar-refractivity contribution in [1.82, 2.24) is 4.90 Å². The Morgan fingerprint density at radius 1 is 0.867 bits per heavy atom. The molecular formula is C35H42BNO8. The molecule has 238 valence electrons. The third-order valence-electron chi connectivity index (χ3n) is 7.02. The Balaban J connectivity index is 1.32. The van der Waals surface area contributed by atoms with E-state index in [1.807, 2.05) is 45.0 Å². The molecule has 9 nitrogen and oxygen atoms in total. The van der Waals surface area contributed by atoms with Gasteiger partial charge in [0.05, 0.1) is 19.7 Å². The summed E-state index contributed by atoms with van der Waals surface area (Å²) in [5, 5.41) is 0. The van der Waals surface area contributed by atoms with Crippen LogP contribution in [0.15, 0.2) is 60.7 Å². The lowest BCUT2D eigenvalue weighted by Gasteiger charge is -2.22. The third kappa shape index (κ3) is 10.4. The number of rotatable bonds is 11. The fourth-order valence-electron chi connectivity index (χ4n) is 5.09. The van der Waals surface area contributed by atoms with Gasteiger partial charge in [-0.15, -0.1) is 0 Å². The predicted molar refractivity (Wildman–Crippen MR) is 172 cm³/mol. The van der Waals surface area contributed by atoms with Gasteiger partial charge in [0.1, 0.15) is 23.7 Å². The first-order chi connectivity index (χ1) is 21.4. The van der Waals surface area contributed by atoms with Crippen molar-refractivity contribution in [3.05, 3.63) is 77.4 Å². The minimum Gasteiger partial charge on any atom is -0.494 e. The zero-order chi connectivity index (χ0) is 32.6. The number of likely N-dealkylation sites (N-methyl/N-ethyl adjacent to an activating group) is 1. The Hall–Kier alpha value is -4.31. The molecule has 1 heterocycles. The summed E-state index contributed by atoms with van der Waals surface area (Å²) < 4.78 is 28.1. The normalized spacial score (nSPS) is 14.2. The van der Waals surface area contributed by atoms with E-state index in [0.29, 0.717) is 37.3 Å². The minimum atomic E-state index is -1.09. The van der Waals surface area contributed by atoms with Crippen LogP contribution in [0.1, 0.15) is 56.7 Å². The molecule has 0 aliphatic carbocycles. The summed E-state index contributed by atoms with van der Waals surface area (Å²) in [6.07, 6.45) is 1.87. The van der Waals surface area contributed by atoms with Crippen LogP contribution in [0.2, 0.25) is 0 Å². The van der Waals surface area contributed by atoms with Gasteiger partial charge in [-0.1, -0.05) is 30.3 Å². The van der Waals surface area contributed by atoms with Gasteiger partial charge in [-0.05, 0) is 113 Å². The van der Waals surface area contributed by atoms with Crippen molar-refractivity contribution in [2.75, 3.05) is 26.7 Å². The smallest absolute Gasteiger partial charge is 0.494 e. The number of benzene rings is 3. The van der Waals surface area contributed by atoms with Crippen LogP contribution in [0, 0.1) is 13.8 Å². The van der Waals surface area contributed by atoms with Gasteiger partial charge in [0.2, 0.25) is 0 Å². The second-order valence-corrected chi connectivity index (χ2v) is 12.4. The van der Waals surface area contributed by atoms with Crippen molar-refractivity contribution in [2.24, 2.45) is 0 Å². The number of unbranched alkanes of at least 4 members (excludes halogenated alkanes) is 1. The Morgan fingerprint density at radius 3 is 2.13 bits per heavy atom. The van der Waals surface area contributed by atoms with Gasteiger partial charge in [-0.25, -0.2) is 0 Å². The van der Waals surface area contributed by atoms with Gasteiger partial charge in [0, 0.05) is 11.9 Å². The molecule has 3 aromatic rings. The van der Waals surface area contributed by atoms with E-state index in [2.05, 4.69) is 26.0 Å². The molecule has 1 aliphatic heterocycles. The SMILES string of the molecule is Cc1cc(OCCCCC(=O)OC(C)(C)C)cc(C)c1-c1cccc(COc2ccc(B3OC(=O)CN(C)CC(=O)O3)cc2)c1. The van der Waals surface area contributed by atoms with Crippen LogP contribution in [0.4, 0.5) is 0 Å². The number of hydrogen-bond donors (Lipinski definition) is 0. The number of nitrogens with zero attached hydrogens (tertiary/aromatic N) is 1. The Kier molecular flexibility index (Phi) is 11.3. The zero-order valence-electron chi connectivity index (χ0n) is 27.0. The highest BCUT2D eigenvalue weighted by Gasteiger charge is 2.33. The lowest BCUT2D eigenvalue weighted by molar-refractivity contribution is -0.155. The molecule has 10 heteroatoms. The Bertz CT molecular complexity index is 1460. The molecule has 0 aromatic heterocycles. The second kappa shape index (κ2) is 15.1. The highest BCUT2D eigenvalue weighted by atomic mass is 16.6. The van der Waals surface area contributed by atoms with Crippen molar-refractivity contribution in [1.29, 1.82) is 0 Å². The summed E-state index contributed by atoms with van der Waals surface area (Å²) in [5.41, 5.74) is 5.54. The van der Waals surface area contributed by atoms with Gasteiger partial charge in [-0.2, -0.15) is 0 Å². The average Bonchev–Trinajstić information content (AvgIpc) is 2.94. The number of aryl methyl sites for hydroxylation is 2. The summed E-state index contributed by atoms with van der Waals surface area (Å²) in [5.74, 6) is 0.336. The van der Waals surface area contributed by atoms with Crippen LogP contribution in [-0.2, 0) is 35.0 Å². The fourth-order valence-corrected chi connectivity index (χ4v) is 5.09. The van der Waals surface area contributed by atoms with Crippen molar-refractivity contribution in [3.8, 4) is 22.6 Å². The molecule has 0 radical (unpaired) electrons. The van der Waals surface area contributed by atoms with Crippen LogP contribution < -0.4 is 14.9 Å². The van der Waals surface area contributed by atoms with E-state index in [1.54, 1.807) is 36.2 Å². The van der Waals surface area contributed by atoms with Crippen molar-refractivity contribution in [2.45, 2.75) is 66.1 Å². The van der Waals surface area contributed by atoms with Gasteiger partial charge in [0.15, 0.2) is 0 Å². The molecule has 0 bridgehead atoms. The molecule has 0 unspecified atom stereocenters. The topological polar surface area (TPSA) is 101 Å². The van der Waals surface area contributed by atoms with Gasteiger partial charge >= 0.3 is 25.0 Å². The first kappa shape index (κ1) is 33.6. The molecule has 0 atom stereocenters. The number of carbonyl (C=O) groups is 3. The molecule has 3 aromatic carbocycles. The quantitative estimate of drug-likeness (QED) is 0.164. The first-order valence-corrected chi connectivity index (χ1v) is 15.2. The fraction of sp³-hybridized carbons (Fsp3) is 0.400. The van der Waals surface area contributed by atoms with Crippen LogP contribution >= 0.6 is 0 Å². The summed E-state index contributed by atoms with van der Waals surface area (Å²) in [4.78, 5) is 37.6. The number of esters is 1. The second-order valence-electron chi connectivity index (χ2n) is 12.4. The minimum absolute atomic E-state index is 0.0154. The van der Waals surface area contributed by atoms with E-state index in [4.69, 9.17) is 23.5 Å². The zero-order valence-corrected chi connectivity index (χ0v) is 27.0. The number of carbonyl (C=O) groups excluding carboxylic acids is 3. The Labute approximate surface area is 265 Å². The molecule has 1 fully saturated rings. The lowest BCUT2D eigenvalue weighted by Crippen LogP contribution is -2.47. The number of hydrogen-bond acceptors (Lipinski definition) is 9. The Morgan fingerprint density at radius 2 is 1.51 bits per heavy atom. The largest absolute Gasteiger partial charge is 0.636 e. The van der Waals surface area contributed by atoms with E-state index < -0.39 is 24.7 Å². The van der Waals surface area contributed by atoms with Crippen LogP contribution in [0.3, 0.4) is 0 Å². The molecule has 0 N–H and O–H groups in total. The summed E-state index contributed by atoms with van der Waals surface area (Å²) >= 11 is 0. The van der Waals surface area contributed by atoms with Crippen molar-refractivity contribution < 1.29 is 37.9 Å². The standard InChI is InChI=1S/C35H42BNO8/c1-24-18-30(41-17-8-7-12-31(38)43-35(3,4)5)19-25(2)34(24)27-11-9-10-26(20-27)23-42-29-15-13-28(14-16-29)36-44-32(39)21-37(6)22-33(40)45-36/h9-11,13-16,18-20H,7-8,12,17,21-23H2,1-6H3. The summed E-state index contributed by atoms with van der Waals surface area (Å²) in [6, 6.07) is 19.3. The average molecular weight is 616 g/mol. The van der Waals surface area contributed by atoms with E-state index in [1.165, 1.54) is 0 Å². The van der Waals surface area contributed by atoms with Gasteiger partial charge in [0.25, 0.3) is 0 Å². The van der Waals surface area contributed by atoms with E-state index >= 15 is 0 Å². The van der Waals surface area contributed by atoms with Crippen LogP contribution in [0.5, 0.6) is 11.5 Å². The molecule has 1 aliphatic rings. The number of ether oxygens (including phenoxy) is 3. The highest BCUT2D eigenvalue weighted by Crippen LogP contribution is 2.32. The maximum atomic E-state index is 12.1. The van der Waals surface area contributed by atoms with Crippen LogP contribution in [-0.4, -0.2) is 62.3 Å². The van der Waals surface area contributed by atoms with Crippen molar-refractivity contribution in [3.63, 3.8) is 0 Å². The maximum Gasteiger partial charge on any atom is 0.636 e. The summed E-state index contributed by atoms with van der Waals surface area (Å²) in [7, 11) is 0.566. The molecular weight excluding hydrogens is 573 g/mol. The van der Waals surface area contributed by atoms with E-state index in [9.17, 15) is 14.4 Å².